The Balaban J connectivity index is 1.24. The Labute approximate surface area is 183 Å². The van der Waals surface area contributed by atoms with Crippen molar-refractivity contribution < 1.29 is 9.53 Å². The number of carbonyl (C=O) groups excluding carboxylic acids is 1. The summed E-state index contributed by atoms with van der Waals surface area (Å²) in [7, 11) is 1.49. The predicted octanol–water partition coefficient (Wildman–Crippen LogP) is 5.50. The number of ether oxygens (including phenoxy) is 1. The summed E-state index contributed by atoms with van der Waals surface area (Å²) in [5, 5.41) is 0. The van der Waals surface area contributed by atoms with Crippen LogP contribution < -0.4 is 0 Å². The third kappa shape index (κ3) is 3.37. The molecule has 1 aliphatic heterocycles. The topological polar surface area (TPSA) is 29.5 Å². The molecule has 2 aliphatic carbocycles. The van der Waals surface area contributed by atoms with Gasteiger partial charge in [-0.25, -0.2) is 0 Å². The van der Waals surface area contributed by atoms with Crippen molar-refractivity contribution in [3.8, 4) is 11.1 Å². The van der Waals surface area contributed by atoms with E-state index >= 15 is 0 Å². The van der Waals surface area contributed by atoms with E-state index in [1.54, 1.807) is 0 Å². The molecular weight excluding hydrogens is 382 g/mol. The van der Waals surface area contributed by atoms with Gasteiger partial charge in [0.25, 0.3) is 0 Å². The molecular formula is C28H27NO2. The van der Waals surface area contributed by atoms with Gasteiger partial charge in [0.1, 0.15) is 0 Å². The highest BCUT2D eigenvalue weighted by atomic mass is 16.5. The maximum absolute atomic E-state index is 12.4. The highest BCUT2D eigenvalue weighted by molar-refractivity contribution is 5.80. The molecule has 0 spiro atoms. The summed E-state index contributed by atoms with van der Waals surface area (Å²) in [6.07, 6.45) is 2.72. The largest absolute Gasteiger partial charge is 0.469 e. The number of hydrogen-bond donors (Lipinski definition) is 0. The number of nitrogens with zero attached hydrogens (tertiary/aromatic N) is 1. The van der Waals surface area contributed by atoms with E-state index in [-0.39, 0.29) is 23.7 Å². The van der Waals surface area contributed by atoms with Crippen LogP contribution in [0.4, 0.5) is 0 Å². The minimum Gasteiger partial charge on any atom is -0.469 e. The Morgan fingerprint density at radius 3 is 2.13 bits per heavy atom. The zero-order chi connectivity index (χ0) is 20.9. The molecule has 3 aromatic carbocycles. The van der Waals surface area contributed by atoms with Crippen LogP contribution in [-0.2, 0) is 22.6 Å². The lowest BCUT2D eigenvalue weighted by molar-refractivity contribution is -0.142. The van der Waals surface area contributed by atoms with Crippen LogP contribution in [0.2, 0.25) is 0 Å². The van der Waals surface area contributed by atoms with Crippen molar-refractivity contribution in [3.05, 3.63) is 95.1 Å². The van der Waals surface area contributed by atoms with Crippen LogP contribution in [0.3, 0.4) is 0 Å². The molecule has 1 heterocycles. The summed E-state index contributed by atoms with van der Waals surface area (Å²) in [6.45, 7) is 2.20. The lowest BCUT2D eigenvalue weighted by Gasteiger charge is -2.12. The number of fused-ring (bicyclic) bond motifs is 1. The standard InChI is InChI=1S/C28H27NO2/c1-31-28(30)27-25(19-5-3-2-4-6-19)26(27)20-9-7-18(8-10-20)21-11-12-22-16-29(24-13-14-24)17-23(22)15-21/h2-12,15,24-27H,13-14,16-17H2,1H3. The lowest BCUT2D eigenvalue weighted by atomic mass is 9.98. The van der Waals surface area contributed by atoms with Crippen molar-refractivity contribution in [1.82, 2.24) is 4.90 Å². The molecule has 2 saturated carbocycles. The van der Waals surface area contributed by atoms with Gasteiger partial charge in [-0.2, -0.15) is 0 Å². The molecule has 0 saturated heterocycles. The van der Waals surface area contributed by atoms with Crippen molar-refractivity contribution in [2.45, 2.75) is 43.8 Å². The van der Waals surface area contributed by atoms with E-state index in [9.17, 15) is 4.79 Å². The van der Waals surface area contributed by atoms with E-state index in [2.05, 4.69) is 59.5 Å². The molecule has 0 bridgehead atoms. The fourth-order valence-corrected chi connectivity index (χ4v) is 5.44. The van der Waals surface area contributed by atoms with Crippen molar-refractivity contribution >= 4 is 5.97 Å². The minimum atomic E-state index is -0.109. The first-order valence-electron chi connectivity index (χ1n) is 11.3. The fourth-order valence-electron chi connectivity index (χ4n) is 5.44. The third-order valence-electron chi connectivity index (χ3n) is 7.32. The van der Waals surface area contributed by atoms with Gasteiger partial charge in [0.05, 0.1) is 13.0 Å². The van der Waals surface area contributed by atoms with Crippen molar-refractivity contribution in [3.63, 3.8) is 0 Å². The molecule has 156 valence electrons. The lowest BCUT2D eigenvalue weighted by Crippen LogP contribution is -2.18. The number of benzene rings is 3. The van der Waals surface area contributed by atoms with Crippen LogP contribution in [0.5, 0.6) is 0 Å². The molecule has 3 nitrogen and oxygen atoms in total. The van der Waals surface area contributed by atoms with Gasteiger partial charge < -0.3 is 4.74 Å². The van der Waals surface area contributed by atoms with Crippen LogP contribution in [0.15, 0.2) is 72.8 Å². The quantitative estimate of drug-likeness (QED) is 0.521. The van der Waals surface area contributed by atoms with Crippen molar-refractivity contribution in [2.75, 3.05) is 7.11 Å². The maximum Gasteiger partial charge on any atom is 0.309 e. The van der Waals surface area contributed by atoms with Crippen LogP contribution in [0.1, 0.15) is 46.9 Å². The Hall–Kier alpha value is -2.91. The van der Waals surface area contributed by atoms with Gasteiger partial charge in [0.2, 0.25) is 0 Å². The molecule has 3 atom stereocenters. The van der Waals surface area contributed by atoms with E-state index in [1.165, 1.54) is 53.3 Å². The Bertz CT molecular complexity index is 1120. The first kappa shape index (κ1) is 18.8. The van der Waals surface area contributed by atoms with Gasteiger partial charge in [-0.1, -0.05) is 66.7 Å². The Morgan fingerprint density at radius 2 is 1.45 bits per heavy atom. The number of rotatable bonds is 5. The van der Waals surface area contributed by atoms with E-state index in [0.29, 0.717) is 0 Å². The van der Waals surface area contributed by atoms with Gasteiger partial charge in [-0.3, -0.25) is 9.69 Å². The molecule has 6 rings (SSSR count). The highest BCUT2D eigenvalue weighted by Crippen LogP contribution is 2.61. The molecule has 0 N–H and O–H groups in total. The molecule has 2 fully saturated rings. The van der Waals surface area contributed by atoms with E-state index in [4.69, 9.17) is 4.74 Å². The minimum absolute atomic E-state index is 0.0911. The second-order valence-corrected chi connectivity index (χ2v) is 9.25. The molecule has 3 heteroatoms. The Kier molecular flexibility index (Phi) is 4.46. The monoisotopic (exact) mass is 409 g/mol. The Morgan fingerprint density at radius 1 is 0.806 bits per heavy atom. The van der Waals surface area contributed by atoms with Crippen LogP contribution in [-0.4, -0.2) is 24.0 Å². The first-order valence-corrected chi connectivity index (χ1v) is 11.3. The number of hydrogen-bond acceptors (Lipinski definition) is 3. The molecule has 0 radical (unpaired) electrons. The van der Waals surface area contributed by atoms with Gasteiger partial charge in [0, 0.05) is 31.0 Å². The van der Waals surface area contributed by atoms with Crippen molar-refractivity contribution in [2.24, 2.45) is 5.92 Å². The average Bonchev–Trinajstić information content (AvgIpc) is 3.74. The summed E-state index contributed by atoms with van der Waals surface area (Å²) >= 11 is 0. The van der Waals surface area contributed by atoms with Gasteiger partial charge in [0.15, 0.2) is 0 Å². The van der Waals surface area contributed by atoms with Crippen LogP contribution >= 0.6 is 0 Å². The first-order chi connectivity index (χ1) is 15.2. The summed E-state index contributed by atoms with van der Waals surface area (Å²) in [6, 6.07) is 26.9. The van der Waals surface area contributed by atoms with Crippen molar-refractivity contribution in [1.29, 1.82) is 0 Å². The van der Waals surface area contributed by atoms with Crippen LogP contribution in [0, 0.1) is 5.92 Å². The summed E-state index contributed by atoms with van der Waals surface area (Å²) in [5.41, 5.74) is 7.91. The van der Waals surface area contributed by atoms with Crippen LogP contribution in [0.25, 0.3) is 11.1 Å². The molecule has 0 amide bonds. The van der Waals surface area contributed by atoms with E-state index in [0.717, 1.165) is 19.1 Å². The summed E-state index contributed by atoms with van der Waals surface area (Å²) < 4.78 is 5.10. The zero-order valence-electron chi connectivity index (χ0n) is 17.8. The third-order valence-corrected chi connectivity index (χ3v) is 7.32. The molecule has 3 aromatic rings. The van der Waals surface area contributed by atoms with E-state index < -0.39 is 0 Å². The normalized spacial score (nSPS) is 24.6. The summed E-state index contributed by atoms with van der Waals surface area (Å²) in [4.78, 5) is 15.0. The predicted molar refractivity (Wildman–Crippen MR) is 122 cm³/mol. The molecule has 0 aromatic heterocycles. The zero-order valence-corrected chi connectivity index (χ0v) is 17.8. The van der Waals surface area contributed by atoms with Gasteiger partial charge in [-0.05, 0) is 52.3 Å². The fraction of sp³-hybridized carbons (Fsp3) is 0.321. The average molecular weight is 410 g/mol. The SMILES string of the molecule is COC(=O)C1C(c2ccccc2)C1c1ccc(-c2ccc3c(c2)CN(C2CC2)C3)cc1. The van der Waals surface area contributed by atoms with Gasteiger partial charge in [-0.15, -0.1) is 0 Å². The van der Waals surface area contributed by atoms with E-state index in [1.807, 2.05) is 18.2 Å². The number of methoxy groups -OCH3 is 1. The summed E-state index contributed by atoms with van der Waals surface area (Å²) in [5.74, 6) is 0.192. The number of esters is 1. The second kappa shape index (κ2) is 7.35. The second-order valence-electron chi connectivity index (χ2n) is 9.25. The molecule has 31 heavy (non-hydrogen) atoms. The highest BCUT2D eigenvalue weighted by Gasteiger charge is 2.56. The smallest absolute Gasteiger partial charge is 0.309 e. The number of carbonyl (C=O) groups is 1. The maximum atomic E-state index is 12.4. The molecule has 3 aliphatic rings. The van der Waals surface area contributed by atoms with Gasteiger partial charge >= 0.3 is 5.97 Å². The molecule has 3 unspecified atom stereocenters.